The number of hydrogen-bond donors (Lipinski definition) is 2. The number of aromatic nitrogens is 1. The lowest BCUT2D eigenvalue weighted by Crippen LogP contribution is -2.37. The second-order valence-electron chi connectivity index (χ2n) is 5.83. The smallest absolute Gasteiger partial charge is 0.317 e. The summed E-state index contributed by atoms with van der Waals surface area (Å²) in [5.41, 5.74) is 5.70. The lowest BCUT2D eigenvalue weighted by Gasteiger charge is -2.25. The van der Waals surface area contributed by atoms with E-state index in [9.17, 15) is 13.2 Å². The van der Waals surface area contributed by atoms with Crippen molar-refractivity contribution in [3.8, 4) is 0 Å². The number of anilines is 1. The number of carbonyl (C=O) groups is 1. The minimum atomic E-state index is -3.78. The van der Waals surface area contributed by atoms with E-state index in [-0.39, 0.29) is 28.3 Å². The van der Waals surface area contributed by atoms with Gasteiger partial charge in [-0.1, -0.05) is 11.6 Å². The molecule has 0 amide bonds. The summed E-state index contributed by atoms with van der Waals surface area (Å²) in [6, 6.07) is 1.33. The molecular formula is C14H21ClN4O4S. The van der Waals surface area contributed by atoms with E-state index >= 15 is 0 Å². The van der Waals surface area contributed by atoms with Crippen molar-refractivity contribution in [3.63, 3.8) is 0 Å². The monoisotopic (exact) mass is 376 g/mol. The summed E-state index contributed by atoms with van der Waals surface area (Å²) >= 11 is 5.84. The lowest BCUT2D eigenvalue weighted by atomic mass is 10.1. The highest BCUT2D eigenvalue weighted by Crippen LogP contribution is 2.26. The number of carboxylic acids is 1. The van der Waals surface area contributed by atoms with Crippen molar-refractivity contribution < 1.29 is 18.3 Å². The highest BCUT2D eigenvalue weighted by Gasteiger charge is 2.31. The molecule has 0 bridgehead atoms. The molecule has 8 nitrogen and oxygen atoms in total. The maximum atomic E-state index is 12.8. The highest BCUT2D eigenvalue weighted by atomic mass is 35.5. The summed E-state index contributed by atoms with van der Waals surface area (Å²) in [5.74, 6) is -0.979. The van der Waals surface area contributed by atoms with Gasteiger partial charge in [-0.2, -0.15) is 4.31 Å². The van der Waals surface area contributed by atoms with Crippen molar-refractivity contribution >= 4 is 33.4 Å². The van der Waals surface area contributed by atoms with Gasteiger partial charge in [-0.15, -0.1) is 0 Å². The topological polar surface area (TPSA) is 117 Å². The van der Waals surface area contributed by atoms with E-state index < -0.39 is 16.0 Å². The lowest BCUT2D eigenvalue weighted by molar-refractivity contribution is -0.138. The summed E-state index contributed by atoms with van der Waals surface area (Å²) < 4.78 is 27.0. The van der Waals surface area contributed by atoms with Crippen LogP contribution in [0.15, 0.2) is 17.2 Å². The molecule has 2 heterocycles. The van der Waals surface area contributed by atoms with Crippen molar-refractivity contribution in [2.24, 2.45) is 0 Å². The zero-order valence-corrected chi connectivity index (χ0v) is 14.9. The van der Waals surface area contributed by atoms with E-state index in [2.05, 4.69) is 4.98 Å². The van der Waals surface area contributed by atoms with E-state index in [4.69, 9.17) is 22.4 Å². The first-order valence-corrected chi connectivity index (χ1v) is 9.37. The maximum Gasteiger partial charge on any atom is 0.317 e. The average molecular weight is 377 g/mol. The normalized spacial score (nSPS) is 20.0. The highest BCUT2D eigenvalue weighted by molar-refractivity contribution is 7.89. The van der Waals surface area contributed by atoms with Crippen molar-refractivity contribution in [1.29, 1.82) is 0 Å². The Morgan fingerprint density at radius 1 is 1.50 bits per heavy atom. The van der Waals surface area contributed by atoms with Crippen LogP contribution in [0.4, 0.5) is 5.82 Å². The van der Waals surface area contributed by atoms with Crippen molar-refractivity contribution in [3.05, 3.63) is 17.3 Å². The molecule has 0 radical (unpaired) electrons. The Balaban J connectivity index is 2.15. The van der Waals surface area contributed by atoms with E-state index in [0.717, 1.165) is 6.42 Å². The van der Waals surface area contributed by atoms with Gasteiger partial charge in [0.15, 0.2) is 0 Å². The number of nitrogens with two attached hydrogens (primary N) is 1. The summed E-state index contributed by atoms with van der Waals surface area (Å²) in [5, 5.41) is 9.10. The molecule has 0 saturated carbocycles. The number of nitrogens with zero attached hydrogens (tertiary/aromatic N) is 3. The third-order valence-electron chi connectivity index (χ3n) is 4.13. The molecule has 0 aromatic carbocycles. The van der Waals surface area contributed by atoms with Gasteiger partial charge in [-0.25, -0.2) is 13.4 Å². The summed E-state index contributed by atoms with van der Waals surface area (Å²) in [6.07, 6.45) is 3.23. The third kappa shape index (κ3) is 4.35. The first kappa shape index (κ1) is 18.9. The molecule has 1 aliphatic heterocycles. The van der Waals surface area contributed by atoms with Crippen LogP contribution in [0.3, 0.4) is 0 Å². The number of carboxylic acid groups (broad SMARTS) is 1. The third-order valence-corrected chi connectivity index (χ3v) is 6.27. The van der Waals surface area contributed by atoms with E-state index in [1.54, 1.807) is 11.9 Å². The molecule has 1 aliphatic rings. The fraction of sp³-hybridized carbons (Fsp3) is 0.571. The van der Waals surface area contributed by atoms with Gasteiger partial charge in [0, 0.05) is 25.3 Å². The zero-order chi connectivity index (χ0) is 17.9. The molecule has 0 spiro atoms. The van der Waals surface area contributed by atoms with E-state index in [1.165, 1.54) is 16.6 Å². The molecule has 1 unspecified atom stereocenters. The van der Waals surface area contributed by atoms with Crippen LogP contribution in [0.5, 0.6) is 0 Å². The zero-order valence-electron chi connectivity index (χ0n) is 13.4. The van der Waals surface area contributed by atoms with Crippen molar-refractivity contribution in [2.45, 2.75) is 30.2 Å². The van der Waals surface area contributed by atoms with Crippen LogP contribution < -0.4 is 5.73 Å². The van der Waals surface area contributed by atoms with Gasteiger partial charge in [0.25, 0.3) is 0 Å². The summed E-state index contributed by atoms with van der Waals surface area (Å²) in [4.78, 5) is 16.3. The first-order chi connectivity index (χ1) is 11.2. The predicted octanol–water partition coefficient (Wildman–Crippen LogP) is 0.877. The molecule has 0 aliphatic carbocycles. The Bertz CT molecular complexity index is 713. The largest absolute Gasteiger partial charge is 0.480 e. The molecule has 24 heavy (non-hydrogen) atoms. The maximum absolute atomic E-state index is 12.8. The number of pyridine rings is 1. The Morgan fingerprint density at radius 3 is 2.88 bits per heavy atom. The molecule has 1 aromatic heterocycles. The van der Waals surface area contributed by atoms with Crippen LogP contribution in [0.2, 0.25) is 5.02 Å². The van der Waals surface area contributed by atoms with Crippen molar-refractivity contribution in [2.75, 3.05) is 32.4 Å². The van der Waals surface area contributed by atoms with Crippen LogP contribution in [0.1, 0.15) is 19.3 Å². The minimum absolute atomic E-state index is 0.0242. The molecule has 2 rings (SSSR count). The second kappa shape index (κ2) is 7.64. The molecule has 134 valence electrons. The Morgan fingerprint density at radius 2 is 2.21 bits per heavy atom. The Hall–Kier alpha value is -1.42. The number of nitrogen functional groups attached to an aromatic ring is 1. The summed E-state index contributed by atoms with van der Waals surface area (Å²) in [7, 11) is -2.05. The van der Waals surface area contributed by atoms with Gasteiger partial charge < -0.3 is 10.8 Å². The van der Waals surface area contributed by atoms with Crippen LogP contribution in [-0.2, 0) is 14.8 Å². The van der Waals surface area contributed by atoms with Gasteiger partial charge in [-0.3, -0.25) is 9.69 Å². The quantitative estimate of drug-likeness (QED) is 0.783. The molecule has 1 saturated heterocycles. The molecular weight excluding hydrogens is 356 g/mol. The Kier molecular flexibility index (Phi) is 6.02. The van der Waals surface area contributed by atoms with Gasteiger partial charge in [0.1, 0.15) is 10.7 Å². The van der Waals surface area contributed by atoms with Crippen LogP contribution >= 0.6 is 11.6 Å². The number of halogens is 1. The molecule has 3 N–H and O–H groups in total. The summed E-state index contributed by atoms with van der Waals surface area (Å²) in [6.45, 7) is 0.581. The first-order valence-electron chi connectivity index (χ1n) is 7.55. The van der Waals surface area contributed by atoms with E-state index in [0.29, 0.717) is 25.9 Å². The fourth-order valence-electron chi connectivity index (χ4n) is 2.85. The number of likely N-dealkylation sites (N-methyl/N-ethyl adjacent to an activating group) is 1. The standard InChI is InChI=1S/C14H21ClN4O4S/c1-18(9-13(20)21)11-3-2-5-19(6-4-11)24(22,23)12-7-10(15)8-17-14(12)16/h7-8,11H,2-6,9H2,1H3,(H2,16,17)(H,20,21). The average Bonchev–Trinajstić information content (AvgIpc) is 2.75. The van der Waals surface area contributed by atoms with Gasteiger partial charge in [-0.05, 0) is 32.4 Å². The van der Waals surface area contributed by atoms with Crippen molar-refractivity contribution in [1.82, 2.24) is 14.2 Å². The van der Waals surface area contributed by atoms with Gasteiger partial charge in [0.05, 0.1) is 11.6 Å². The van der Waals surface area contributed by atoms with Crippen LogP contribution in [-0.4, -0.2) is 66.4 Å². The van der Waals surface area contributed by atoms with Crippen LogP contribution in [0, 0.1) is 0 Å². The fourth-order valence-corrected chi connectivity index (χ4v) is 4.66. The molecule has 1 atom stereocenters. The number of sulfonamides is 1. The SMILES string of the molecule is CN(CC(=O)O)C1CCCN(S(=O)(=O)c2cc(Cl)cnc2N)CC1. The molecule has 1 fully saturated rings. The number of hydrogen-bond acceptors (Lipinski definition) is 6. The Labute approximate surface area is 146 Å². The van der Waals surface area contributed by atoms with Gasteiger partial charge >= 0.3 is 5.97 Å². The second-order valence-corrected chi connectivity index (χ2v) is 8.18. The van der Waals surface area contributed by atoms with Crippen LogP contribution in [0.25, 0.3) is 0 Å². The number of rotatable bonds is 5. The number of aliphatic carboxylic acids is 1. The molecule has 10 heteroatoms. The predicted molar refractivity (Wildman–Crippen MR) is 90.3 cm³/mol. The molecule has 1 aromatic rings. The van der Waals surface area contributed by atoms with E-state index in [1.807, 2.05) is 0 Å². The minimum Gasteiger partial charge on any atom is -0.480 e. The van der Waals surface area contributed by atoms with Gasteiger partial charge in [0.2, 0.25) is 10.0 Å².